The Morgan fingerprint density at radius 1 is 1.07 bits per heavy atom. The number of nitrogens with zero attached hydrogens (tertiary/aromatic N) is 1. The van der Waals surface area contributed by atoms with E-state index in [2.05, 4.69) is 10.5 Å². The van der Waals surface area contributed by atoms with E-state index in [9.17, 15) is 9.90 Å². The predicted molar refractivity (Wildman–Crippen MR) is 120 cm³/mol. The summed E-state index contributed by atoms with van der Waals surface area (Å²) < 4.78 is 17.3. The molecular weight excluding hydrogens is 487 g/mol. The summed E-state index contributed by atoms with van der Waals surface area (Å²) in [6.07, 6.45) is 2.37. The Balaban J connectivity index is 2.11. The smallest absolute Gasteiger partial charge is 0.271 e. The van der Waals surface area contributed by atoms with Crippen molar-refractivity contribution >= 4 is 34.7 Å². The van der Waals surface area contributed by atoms with Crippen molar-refractivity contribution in [2.45, 2.75) is 27.2 Å². The molecule has 2 N–H and O–H groups in total. The maximum atomic E-state index is 12.4. The molecule has 0 aliphatic heterocycles. The number of benzene rings is 2. The van der Waals surface area contributed by atoms with Gasteiger partial charge in [0.15, 0.2) is 23.0 Å². The lowest BCUT2D eigenvalue weighted by Gasteiger charge is -2.12. The van der Waals surface area contributed by atoms with E-state index in [0.29, 0.717) is 51.8 Å². The SMILES string of the molecule is CCCOc1ccc(C(=O)N/N=C/c2cc(I)c(O)c(OCC)c2)cc1OCC. The molecular formula is C21H25IN2O5. The highest BCUT2D eigenvalue weighted by molar-refractivity contribution is 14.1. The normalized spacial score (nSPS) is 10.8. The number of phenolic OH excluding ortho intramolecular Hbond substituents is 1. The molecule has 156 valence electrons. The van der Waals surface area contributed by atoms with Crippen LogP contribution >= 0.6 is 22.6 Å². The number of ether oxygens (including phenoxy) is 3. The van der Waals surface area contributed by atoms with Gasteiger partial charge in [0.05, 0.1) is 29.6 Å². The van der Waals surface area contributed by atoms with Crippen LogP contribution in [0.15, 0.2) is 35.4 Å². The van der Waals surface area contributed by atoms with Crippen LogP contribution in [0.3, 0.4) is 0 Å². The number of amides is 1. The number of nitrogens with one attached hydrogen (secondary N) is 1. The molecule has 0 aromatic heterocycles. The number of rotatable bonds is 10. The summed E-state index contributed by atoms with van der Waals surface area (Å²) in [5.74, 6) is 1.21. The lowest BCUT2D eigenvalue weighted by molar-refractivity contribution is 0.0954. The number of aromatic hydroxyl groups is 1. The van der Waals surface area contributed by atoms with Gasteiger partial charge in [0, 0.05) is 5.56 Å². The summed E-state index contributed by atoms with van der Waals surface area (Å²) >= 11 is 2.01. The summed E-state index contributed by atoms with van der Waals surface area (Å²) in [6.45, 7) is 7.20. The molecule has 0 bridgehead atoms. The molecule has 2 aromatic rings. The molecule has 8 heteroatoms. The average molecular weight is 512 g/mol. The van der Waals surface area contributed by atoms with Gasteiger partial charge in [-0.2, -0.15) is 5.10 Å². The third kappa shape index (κ3) is 6.52. The summed E-state index contributed by atoms with van der Waals surface area (Å²) in [4.78, 5) is 12.4. The number of carbonyl (C=O) groups is 1. The Bertz CT molecular complexity index is 870. The Labute approximate surface area is 184 Å². The van der Waals surface area contributed by atoms with Gasteiger partial charge in [-0.25, -0.2) is 5.43 Å². The van der Waals surface area contributed by atoms with E-state index < -0.39 is 0 Å². The Morgan fingerprint density at radius 3 is 2.48 bits per heavy atom. The second kappa shape index (κ2) is 11.5. The monoisotopic (exact) mass is 512 g/mol. The summed E-state index contributed by atoms with van der Waals surface area (Å²) in [5, 5.41) is 14.0. The molecule has 0 saturated heterocycles. The quantitative estimate of drug-likeness (QED) is 0.281. The fraction of sp³-hybridized carbons (Fsp3) is 0.333. The molecule has 0 aliphatic carbocycles. The van der Waals surface area contributed by atoms with Crippen molar-refractivity contribution in [3.8, 4) is 23.0 Å². The number of carbonyl (C=O) groups excluding carboxylic acids is 1. The highest BCUT2D eigenvalue weighted by atomic mass is 127. The molecule has 7 nitrogen and oxygen atoms in total. The minimum Gasteiger partial charge on any atom is -0.504 e. The first kappa shape index (κ1) is 22.8. The van der Waals surface area contributed by atoms with Crippen molar-refractivity contribution in [2.24, 2.45) is 5.10 Å². The van der Waals surface area contributed by atoms with Gasteiger partial charge in [-0.3, -0.25) is 4.79 Å². The first-order chi connectivity index (χ1) is 14.0. The number of hydrogen-bond acceptors (Lipinski definition) is 6. The van der Waals surface area contributed by atoms with E-state index in [1.54, 1.807) is 30.3 Å². The highest BCUT2D eigenvalue weighted by Gasteiger charge is 2.12. The van der Waals surface area contributed by atoms with Gasteiger partial charge in [-0.15, -0.1) is 0 Å². The first-order valence-corrected chi connectivity index (χ1v) is 10.5. The average Bonchev–Trinajstić information content (AvgIpc) is 2.71. The number of hydrogen-bond donors (Lipinski definition) is 2. The van der Waals surface area contributed by atoms with E-state index >= 15 is 0 Å². The van der Waals surface area contributed by atoms with Gasteiger partial charge in [0.1, 0.15) is 0 Å². The lowest BCUT2D eigenvalue weighted by Crippen LogP contribution is -2.17. The topological polar surface area (TPSA) is 89.4 Å². The van der Waals surface area contributed by atoms with Crippen LogP contribution in [0.4, 0.5) is 0 Å². The zero-order valence-electron chi connectivity index (χ0n) is 16.7. The lowest BCUT2D eigenvalue weighted by atomic mass is 10.2. The van der Waals surface area contributed by atoms with Crippen LogP contribution in [0, 0.1) is 3.57 Å². The van der Waals surface area contributed by atoms with Crippen LogP contribution in [-0.2, 0) is 0 Å². The predicted octanol–water partition coefficient (Wildman–Crippen LogP) is 4.35. The van der Waals surface area contributed by atoms with Gasteiger partial charge < -0.3 is 19.3 Å². The van der Waals surface area contributed by atoms with Crippen molar-refractivity contribution in [2.75, 3.05) is 19.8 Å². The van der Waals surface area contributed by atoms with E-state index in [0.717, 1.165) is 6.42 Å². The van der Waals surface area contributed by atoms with E-state index in [1.807, 2.05) is 43.4 Å². The molecule has 0 fully saturated rings. The molecule has 2 aromatic carbocycles. The summed E-state index contributed by atoms with van der Waals surface area (Å²) in [5.41, 5.74) is 3.59. The van der Waals surface area contributed by atoms with Crippen LogP contribution in [0.1, 0.15) is 43.1 Å². The number of hydrazone groups is 1. The van der Waals surface area contributed by atoms with E-state index in [-0.39, 0.29) is 11.7 Å². The molecule has 0 atom stereocenters. The zero-order chi connectivity index (χ0) is 21.2. The molecule has 0 radical (unpaired) electrons. The largest absolute Gasteiger partial charge is 0.504 e. The van der Waals surface area contributed by atoms with Gasteiger partial charge in [0.25, 0.3) is 5.91 Å². The fourth-order valence-corrected chi connectivity index (χ4v) is 3.04. The van der Waals surface area contributed by atoms with E-state index in [1.165, 1.54) is 6.21 Å². The molecule has 2 rings (SSSR count). The Hall–Kier alpha value is -2.49. The highest BCUT2D eigenvalue weighted by Crippen LogP contribution is 2.32. The minimum absolute atomic E-state index is 0.0856. The fourth-order valence-electron chi connectivity index (χ4n) is 2.41. The van der Waals surface area contributed by atoms with Gasteiger partial charge in [0.2, 0.25) is 0 Å². The third-order valence-corrected chi connectivity index (χ3v) is 4.52. The molecule has 0 heterocycles. The number of phenols is 1. The van der Waals surface area contributed by atoms with Crippen LogP contribution in [0.25, 0.3) is 0 Å². The summed E-state index contributed by atoms with van der Waals surface area (Å²) in [6, 6.07) is 8.41. The maximum Gasteiger partial charge on any atom is 0.271 e. The minimum atomic E-state index is -0.372. The van der Waals surface area contributed by atoms with Crippen molar-refractivity contribution in [1.29, 1.82) is 0 Å². The second-order valence-electron chi connectivity index (χ2n) is 5.92. The molecule has 1 amide bonds. The maximum absolute atomic E-state index is 12.4. The molecule has 0 aliphatic rings. The van der Waals surface area contributed by atoms with Gasteiger partial charge >= 0.3 is 0 Å². The van der Waals surface area contributed by atoms with Crippen LogP contribution in [-0.4, -0.2) is 37.0 Å². The van der Waals surface area contributed by atoms with Crippen molar-refractivity contribution in [3.63, 3.8) is 0 Å². The van der Waals surface area contributed by atoms with Crippen LogP contribution in [0.2, 0.25) is 0 Å². The van der Waals surface area contributed by atoms with Crippen LogP contribution < -0.4 is 19.6 Å². The van der Waals surface area contributed by atoms with Crippen molar-refractivity contribution in [1.82, 2.24) is 5.43 Å². The zero-order valence-corrected chi connectivity index (χ0v) is 18.9. The third-order valence-electron chi connectivity index (χ3n) is 3.70. The Kier molecular flexibility index (Phi) is 9.04. The van der Waals surface area contributed by atoms with Gasteiger partial charge in [-0.05, 0) is 78.8 Å². The van der Waals surface area contributed by atoms with E-state index in [4.69, 9.17) is 14.2 Å². The first-order valence-electron chi connectivity index (χ1n) is 9.38. The Morgan fingerprint density at radius 2 is 1.79 bits per heavy atom. The van der Waals surface area contributed by atoms with Crippen molar-refractivity contribution < 1.29 is 24.1 Å². The summed E-state index contributed by atoms with van der Waals surface area (Å²) in [7, 11) is 0. The van der Waals surface area contributed by atoms with Gasteiger partial charge in [-0.1, -0.05) is 6.92 Å². The van der Waals surface area contributed by atoms with Crippen molar-refractivity contribution in [3.05, 3.63) is 45.0 Å². The molecule has 0 spiro atoms. The molecule has 0 unspecified atom stereocenters. The molecule has 29 heavy (non-hydrogen) atoms. The molecule has 0 saturated carbocycles. The standard InChI is InChI=1S/C21H25IN2O5/c1-4-9-29-17-8-7-15(12-18(17)27-5-2)21(26)24-23-13-14-10-16(22)20(25)19(11-14)28-6-3/h7-8,10-13,25H,4-6,9H2,1-3H3,(H,24,26)/b23-13+. The number of halogens is 1. The van der Waals surface area contributed by atoms with Crippen LogP contribution in [0.5, 0.6) is 23.0 Å². The second-order valence-corrected chi connectivity index (χ2v) is 7.09.